The maximum absolute atomic E-state index is 15.2. The Morgan fingerprint density at radius 3 is 2.21 bits per heavy atom. The van der Waals surface area contributed by atoms with Gasteiger partial charge in [0.25, 0.3) is 5.91 Å². The average Bonchev–Trinajstić information content (AvgIpc) is 3.90. The van der Waals surface area contributed by atoms with Crippen LogP contribution >= 0.6 is 0 Å². The first-order valence-electron chi connectivity index (χ1n) is 21.5. The van der Waals surface area contributed by atoms with Crippen molar-refractivity contribution in [3.05, 3.63) is 94.7 Å². The normalized spacial score (nSPS) is 21.5. The smallest absolute Gasteiger partial charge is 0.320 e. The van der Waals surface area contributed by atoms with E-state index in [0.29, 0.717) is 79.1 Å². The molecule has 9 rings (SSSR count). The van der Waals surface area contributed by atoms with Crippen molar-refractivity contribution in [1.82, 2.24) is 39.4 Å². The van der Waals surface area contributed by atoms with Gasteiger partial charge in [-0.2, -0.15) is 10.2 Å². The van der Waals surface area contributed by atoms with E-state index in [-0.39, 0.29) is 30.5 Å². The highest BCUT2D eigenvalue weighted by Crippen LogP contribution is 2.37. The second-order valence-electron chi connectivity index (χ2n) is 17.5. The largest absolute Gasteiger partial charge is 0.386 e. The summed E-state index contributed by atoms with van der Waals surface area (Å²) in [5.74, 6) is -4.24. The van der Waals surface area contributed by atoms with Crippen LogP contribution in [-0.4, -0.2) is 121 Å². The molecule has 2 aromatic carbocycles. The maximum atomic E-state index is 15.2. The minimum absolute atomic E-state index is 0.0251. The second-order valence-corrected chi connectivity index (χ2v) is 17.5. The molecule has 3 aliphatic heterocycles. The Hall–Kier alpha value is -6.45. The number of fused-ring (bicyclic) bond motifs is 2. The zero-order chi connectivity index (χ0) is 44.2. The number of carbonyl (C=O) groups is 4. The topological polar surface area (TPSA) is 165 Å². The number of benzene rings is 2. The van der Waals surface area contributed by atoms with E-state index in [1.807, 2.05) is 32.8 Å². The van der Waals surface area contributed by atoms with Crippen LogP contribution in [0.25, 0.3) is 21.3 Å². The zero-order valence-corrected chi connectivity index (χ0v) is 35.2. The summed E-state index contributed by atoms with van der Waals surface area (Å²) in [6, 6.07) is 11.8. The fraction of sp³-hybridized carbons (Fsp3) is 0.444. The molecule has 0 unspecified atom stereocenters. The molecule has 328 valence electrons. The lowest BCUT2D eigenvalue weighted by atomic mass is 9.89. The van der Waals surface area contributed by atoms with E-state index in [0.717, 1.165) is 49.7 Å². The van der Waals surface area contributed by atoms with E-state index in [2.05, 4.69) is 25.5 Å². The number of amides is 5. The second kappa shape index (κ2) is 16.7. The van der Waals surface area contributed by atoms with Crippen LogP contribution in [0.1, 0.15) is 85.9 Å². The first kappa shape index (κ1) is 41.9. The van der Waals surface area contributed by atoms with Gasteiger partial charge in [-0.05, 0) is 88.4 Å². The average molecular weight is 862 g/mol. The summed E-state index contributed by atoms with van der Waals surface area (Å²) in [6.45, 7) is 15.0. The molecule has 5 aromatic rings. The fourth-order valence-corrected chi connectivity index (χ4v) is 9.67. The third-order valence-electron chi connectivity index (χ3n) is 13.1. The number of halogens is 2. The predicted molar refractivity (Wildman–Crippen MR) is 229 cm³/mol. The molecule has 1 atom stereocenters. The lowest BCUT2D eigenvalue weighted by Crippen LogP contribution is -2.58. The summed E-state index contributed by atoms with van der Waals surface area (Å²) >= 11 is 0. The van der Waals surface area contributed by atoms with Crippen molar-refractivity contribution in [2.75, 3.05) is 62.6 Å². The molecule has 18 heteroatoms. The SMILES string of the molecule is [C-]#[N+]c1cnn2c(C(=O)Nc3cc4cn(C5CCC(N6CCN(C(=O)N7CCN(c8cc(F)c([C@H]9CCC(=O)NC9=O)c(F)c8)CC7)CC6)CC5)nc4cc3C(C)(C)O)ccc2c1. The molecule has 3 N–H and O–H groups in total. The summed E-state index contributed by atoms with van der Waals surface area (Å²) in [7, 11) is 0. The number of rotatable bonds is 7. The van der Waals surface area contributed by atoms with E-state index in [1.54, 1.807) is 36.9 Å². The fourth-order valence-electron chi connectivity index (χ4n) is 9.67. The number of piperazine rings is 2. The lowest BCUT2D eigenvalue weighted by Gasteiger charge is -2.44. The van der Waals surface area contributed by atoms with E-state index < -0.39 is 40.9 Å². The third kappa shape index (κ3) is 8.30. The molecule has 3 aromatic heterocycles. The van der Waals surface area contributed by atoms with Crippen LogP contribution < -0.4 is 15.5 Å². The molecule has 6 heterocycles. The molecule has 0 spiro atoms. The van der Waals surface area contributed by atoms with Gasteiger partial charge in [0.15, 0.2) is 0 Å². The number of imide groups is 1. The molecule has 1 aliphatic carbocycles. The number of aliphatic hydroxyl groups is 1. The molecular weight excluding hydrogens is 813 g/mol. The third-order valence-corrected chi connectivity index (χ3v) is 13.1. The van der Waals surface area contributed by atoms with Gasteiger partial charge in [0.1, 0.15) is 17.3 Å². The van der Waals surface area contributed by atoms with Crippen molar-refractivity contribution >= 4 is 57.2 Å². The Balaban J connectivity index is 0.770. The van der Waals surface area contributed by atoms with Gasteiger partial charge in [0.2, 0.25) is 17.5 Å². The Morgan fingerprint density at radius 2 is 1.56 bits per heavy atom. The van der Waals surface area contributed by atoms with Crippen molar-refractivity contribution < 1.29 is 33.1 Å². The standard InChI is InChI=1S/C45H49F2N11O5/c1-45(2,63)34-24-37-27(20-38(34)50-43(61)39-10-8-31-21-28(48-3)25-49-58(31)39)26-57(52-37)30-6-4-29(5-7-30)53-12-16-55(17-13-53)44(62)56-18-14-54(15-19-56)32-22-35(46)41(36(47)23-32)33-9-11-40(59)51-42(33)60/h8,10,20-26,29-30,33,63H,4-7,9,11-19H2,1-2H3,(H,50,61)(H,51,59,60)/t29?,30?,33-/m1/s1. The molecule has 3 saturated heterocycles. The van der Waals surface area contributed by atoms with Crippen LogP contribution in [0.3, 0.4) is 0 Å². The van der Waals surface area contributed by atoms with E-state index in [1.165, 1.54) is 22.8 Å². The first-order chi connectivity index (χ1) is 30.2. The van der Waals surface area contributed by atoms with Crippen molar-refractivity contribution in [2.24, 2.45) is 0 Å². The summed E-state index contributed by atoms with van der Waals surface area (Å²) < 4.78 is 33.9. The molecule has 4 aliphatic rings. The monoisotopic (exact) mass is 861 g/mol. The van der Waals surface area contributed by atoms with Gasteiger partial charge in [-0.25, -0.2) is 22.9 Å². The summed E-state index contributed by atoms with van der Waals surface area (Å²) in [5.41, 5.74) is 1.79. The number of hydrogen-bond acceptors (Lipinski definition) is 9. The van der Waals surface area contributed by atoms with Crippen LogP contribution in [0.5, 0.6) is 0 Å². The number of aromatic nitrogens is 4. The van der Waals surface area contributed by atoms with Crippen LogP contribution in [-0.2, 0) is 15.2 Å². The van der Waals surface area contributed by atoms with Gasteiger partial charge >= 0.3 is 6.03 Å². The molecule has 5 amide bonds. The molecule has 0 bridgehead atoms. The Labute approximate surface area is 362 Å². The van der Waals surface area contributed by atoms with Crippen molar-refractivity contribution in [2.45, 2.75) is 76.0 Å². The highest BCUT2D eigenvalue weighted by Gasteiger charge is 2.35. The van der Waals surface area contributed by atoms with E-state index in [9.17, 15) is 24.3 Å². The molecule has 1 saturated carbocycles. The number of nitrogens with zero attached hydrogens (tertiary/aromatic N) is 9. The highest BCUT2D eigenvalue weighted by molar-refractivity contribution is 6.05. The van der Waals surface area contributed by atoms with E-state index >= 15 is 8.78 Å². The van der Waals surface area contributed by atoms with E-state index in [4.69, 9.17) is 11.7 Å². The van der Waals surface area contributed by atoms with Gasteiger partial charge < -0.3 is 25.1 Å². The number of carbonyl (C=O) groups excluding carboxylic acids is 4. The summed E-state index contributed by atoms with van der Waals surface area (Å²) in [5, 5.41) is 26.3. The molecule has 63 heavy (non-hydrogen) atoms. The Bertz CT molecular complexity index is 2640. The molecular formula is C45H49F2N11O5. The quantitative estimate of drug-likeness (QED) is 0.141. The van der Waals surface area contributed by atoms with Crippen LogP contribution in [0, 0.1) is 18.2 Å². The minimum atomic E-state index is -1.27. The lowest BCUT2D eigenvalue weighted by molar-refractivity contribution is -0.134. The number of anilines is 2. The Morgan fingerprint density at radius 1 is 0.889 bits per heavy atom. The number of nitrogens with one attached hydrogen (secondary N) is 2. The van der Waals surface area contributed by atoms with Gasteiger partial charge in [-0.15, -0.1) is 0 Å². The van der Waals surface area contributed by atoms with Crippen LogP contribution in [0.15, 0.2) is 54.9 Å². The summed E-state index contributed by atoms with van der Waals surface area (Å²) in [6.07, 6.45) is 7.33. The molecule has 4 fully saturated rings. The molecule has 16 nitrogen and oxygen atoms in total. The first-order valence-corrected chi connectivity index (χ1v) is 21.5. The van der Waals surface area contributed by atoms with Crippen molar-refractivity contribution in [1.29, 1.82) is 0 Å². The minimum Gasteiger partial charge on any atom is -0.386 e. The zero-order valence-electron chi connectivity index (χ0n) is 35.2. The van der Waals surface area contributed by atoms with Crippen LogP contribution in [0.4, 0.5) is 30.6 Å². The summed E-state index contributed by atoms with van der Waals surface area (Å²) in [4.78, 5) is 62.4. The Kier molecular flexibility index (Phi) is 11.1. The van der Waals surface area contributed by atoms with Gasteiger partial charge in [-0.1, -0.05) is 0 Å². The van der Waals surface area contributed by atoms with Gasteiger partial charge in [-0.3, -0.25) is 29.3 Å². The number of hydrogen-bond donors (Lipinski definition) is 3. The number of urea groups is 1. The maximum Gasteiger partial charge on any atom is 0.320 e. The van der Waals surface area contributed by atoms with Crippen molar-refractivity contribution in [3.63, 3.8) is 0 Å². The van der Waals surface area contributed by atoms with Gasteiger partial charge in [0, 0.05) is 98.9 Å². The predicted octanol–water partition coefficient (Wildman–Crippen LogP) is 5.56. The molecule has 0 radical (unpaired) electrons. The van der Waals surface area contributed by atoms with Crippen LogP contribution in [0.2, 0.25) is 0 Å². The van der Waals surface area contributed by atoms with Gasteiger partial charge in [0.05, 0.1) is 41.4 Å². The highest BCUT2D eigenvalue weighted by atomic mass is 19.1. The number of piperidine rings is 1. The van der Waals surface area contributed by atoms with Crippen molar-refractivity contribution in [3.8, 4) is 0 Å².